The summed E-state index contributed by atoms with van der Waals surface area (Å²) in [6, 6.07) is 9.03. The van der Waals surface area contributed by atoms with Crippen LogP contribution in [0.5, 0.6) is 5.75 Å². The fourth-order valence-corrected chi connectivity index (χ4v) is 4.24. The quantitative estimate of drug-likeness (QED) is 0.471. The van der Waals surface area contributed by atoms with Gasteiger partial charge in [0.15, 0.2) is 0 Å². The van der Waals surface area contributed by atoms with E-state index in [1.54, 1.807) is 7.11 Å². The van der Waals surface area contributed by atoms with Crippen LogP contribution in [0, 0.1) is 5.92 Å². The lowest BCUT2D eigenvalue weighted by Crippen LogP contribution is -2.37. The van der Waals surface area contributed by atoms with Gasteiger partial charge in [0.25, 0.3) is 0 Å². The highest BCUT2D eigenvalue weighted by molar-refractivity contribution is 5.32. The lowest BCUT2D eigenvalue weighted by Gasteiger charge is -2.35. The molecule has 0 amide bonds. The molecule has 0 bridgehead atoms. The van der Waals surface area contributed by atoms with Gasteiger partial charge in [-0.15, -0.1) is 0 Å². The second-order valence-electron chi connectivity index (χ2n) is 9.31. The van der Waals surface area contributed by atoms with Crippen LogP contribution in [0.4, 0.5) is 0 Å². The molecule has 28 heavy (non-hydrogen) atoms. The summed E-state index contributed by atoms with van der Waals surface area (Å²) in [6.45, 7) is 12.2. The number of hydrogen-bond donors (Lipinski definition) is 0. The first-order valence-electron chi connectivity index (χ1n) is 10.9. The Morgan fingerprint density at radius 3 is 2.43 bits per heavy atom. The van der Waals surface area contributed by atoms with E-state index in [0.717, 1.165) is 37.8 Å². The van der Waals surface area contributed by atoms with Crippen molar-refractivity contribution >= 4 is 0 Å². The summed E-state index contributed by atoms with van der Waals surface area (Å²) in [4.78, 5) is 2.55. The van der Waals surface area contributed by atoms with Crippen LogP contribution in [-0.4, -0.2) is 44.9 Å². The molecule has 0 radical (unpaired) electrons. The summed E-state index contributed by atoms with van der Waals surface area (Å²) in [5.74, 6) is 1.78. The summed E-state index contributed by atoms with van der Waals surface area (Å²) in [5, 5.41) is 0. The van der Waals surface area contributed by atoms with Crippen LogP contribution in [-0.2, 0) is 10.2 Å². The summed E-state index contributed by atoms with van der Waals surface area (Å²) < 4.78 is 10.8. The molecule has 158 valence electrons. The molecule has 0 N–H and O–H groups in total. The predicted molar refractivity (Wildman–Crippen MR) is 119 cm³/mol. The van der Waals surface area contributed by atoms with E-state index in [-0.39, 0.29) is 5.41 Å². The summed E-state index contributed by atoms with van der Waals surface area (Å²) in [7, 11) is 4.01. The van der Waals surface area contributed by atoms with Gasteiger partial charge in [-0.2, -0.15) is 0 Å². The Hall–Kier alpha value is -1.32. The summed E-state index contributed by atoms with van der Waals surface area (Å²) in [6.07, 6.45) is 8.64. The van der Waals surface area contributed by atoms with Gasteiger partial charge in [0.05, 0.1) is 7.11 Å². The molecule has 1 fully saturated rings. The minimum Gasteiger partial charge on any atom is -0.497 e. The minimum atomic E-state index is 0.109. The first kappa shape index (κ1) is 23.0. The molecule has 1 aromatic carbocycles. The number of methoxy groups -OCH3 is 1. The van der Waals surface area contributed by atoms with Crippen molar-refractivity contribution in [3.63, 3.8) is 0 Å². The molecule has 1 aliphatic heterocycles. The Morgan fingerprint density at radius 2 is 1.86 bits per heavy atom. The van der Waals surface area contributed by atoms with Crippen LogP contribution in [0.25, 0.3) is 0 Å². The van der Waals surface area contributed by atoms with E-state index in [0.29, 0.717) is 6.04 Å². The molecule has 1 saturated heterocycles. The van der Waals surface area contributed by atoms with Gasteiger partial charge in [-0.1, -0.05) is 37.6 Å². The Labute approximate surface area is 173 Å². The van der Waals surface area contributed by atoms with E-state index in [1.807, 2.05) is 0 Å². The molecule has 0 saturated carbocycles. The third-order valence-electron chi connectivity index (χ3n) is 6.15. The predicted octanol–water partition coefficient (Wildman–Crippen LogP) is 5.84. The van der Waals surface area contributed by atoms with E-state index in [2.05, 4.69) is 70.0 Å². The summed E-state index contributed by atoms with van der Waals surface area (Å²) in [5.41, 5.74) is 2.88. The fourth-order valence-electron chi connectivity index (χ4n) is 4.24. The Morgan fingerprint density at radius 1 is 1.21 bits per heavy atom. The first-order chi connectivity index (χ1) is 13.3. The number of nitrogens with zero attached hydrogens (tertiary/aromatic N) is 1. The molecule has 0 spiro atoms. The van der Waals surface area contributed by atoms with Crippen molar-refractivity contribution in [3.8, 4) is 5.75 Å². The highest BCUT2D eigenvalue weighted by atomic mass is 16.5. The number of benzene rings is 1. The fraction of sp³-hybridized carbons (Fsp3) is 0.680. The molecule has 1 aliphatic rings. The van der Waals surface area contributed by atoms with Gasteiger partial charge >= 0.3 is 0 Å². The minimum absolute atomic E-state index is 0.109. The Bertz CT molecular complexity index is 595. The van der Waals surface area contributed by atoms with Crippen LogP contribution in [0.2, 0.25) is 0 Å². The zero-order valence-corrected chi connectivity index (χ0v) is 19.0. The van der Waals surface area contributed by atoms with E-state index < -0.39 is 0 Å². The maximum atomic E-state index is 5.49. The topological polar surface area (TPSA) is 21.7 Å². The Kier molecular flexibility index (Phi) is 9.04. The molecular weight excluding hydrogens is 346 g/mol. The van der Waals surface area contributed by atoms with Crippen molar-refractivity contribution in [3.05, 3.63) is 41.5 Å². The lowest BCUT2D eigenvalue weighted by atomic mass is 9.78. The average molecular weight is 388 g/mol. The van der Waals surface area contributed by atoms with Crippen molar-refractivity contribution in [2.45, 2.75) is 71.3 Å². The maximum Gasteiger partial charge on any atom is 0.118 e. The lowest BCUT2D eigenvalue weighted by molar-refractivity contribution is 0.0621. The van der Waals surface area contributed by atoms with Gasteiger partial charge in [-0.25, -0.2) is 0 Å². The zero-order valence-electron chi connectivity index (χ0n) is 19.0. The standard InChI is InChI=1S/C25H41NO2/c1-20(2)18-23(26(5)15-7-8-21-13-16-28-17-14-21)19-25(3,4)22-9-11-24(27-6)12-10-22/h9-12,18,21,23H,7-8,13-17,19H2,1-6H3. The molecule has 2 rings (SSSR count). The van der Waals surface area contributed by atoms with Crippen molar-refractivity contribution in [2.24, 2.45) is 5.92 Å². The maximum absolute atomic E-state index is 5.49. The molecule has 0 aromatic heterocycles. The second-order valence-corrected chi connectivity index (χ2v) is 9.31. The van der Waals surface area contributed by atoms with Gasteiger partial charge < -0.3 is 9.47 Å². The molecule has 0 aliphatic carbocycles. The second kappa shape index (κ2) is 11.0. The van der Waals surface area contributed by atoms with Crippen molar-refractivity contribution in [1.82, 2.24) is 4.90 Å². The molecule has 1 atom stereocenters. The zero-order chi connectivity index (χ0) is 20.6. The van der Waals surface area contributed by atoms with Crippen LogP contribution < -0.4 is 4.74 Å². The highest BCUT2D eigenvalue weighted by Gasteiger charge is 2.26. The third-order valence-corrected chi connectivity index (χ3v) is 6.15. The Balaban J connectivity index is 1.97. The number of hydrogen-bond acceptors (Lipinski definition) is 3. The van der Waals surface area contributed by atoms with Gasteiger partial charge in [0.2, 0.25) is 0 Å². The molecule has 3 nitrogen and oxygen atoms in total. The van der Waals surface area contributed by atoms with Crippen molar-refractivity contribution < 1.29 is 9.47 Å². The van der Waals surface area contributed by atoms with E-state index >= 15 is 0 Å². The van der Waals surface area contributed by atoms with Crippen LogP contribution in [0.1, 0.15) is 65.4 Å². The van der Waals surface area contributed by atoms with Crippen LogP contribution in [0.3, 0.4) is 0 Å². The van der Waals surface area contributed by atoms with Crippen molar-refractivity contribution in [2.75, 3.05) is 33.9 Å². The third kappa shape index (κ3) is 7.25. The SMILES string of the molecule is COc1ccc(C(C)(C)CC(C=C(C)C)N(C)CCCC2CCOCC2)cc1. The first-order valence-corrected chi connectivity index (χ1v) is 10.9. The van der Waals surface area contributed by atoms with E-state index in [1.165, 1.54) is 36.8 Å². The smallest absolute Gasteiger partial charge is 0.118 e. The normalized spacial score (nSPS) is 16.8. The number of allylic oxidation sites excluding steroid dienone is 1. The van der Waals surface area contributed by atoms with E-state index in [4.69, 9.17) is 9.47 Å². The van der Waals surface area contributed by atoms with Crippen molar-refractivity contribution in [1.29, 1.82) is 0 Å². The van der Waals surface area contributed by atoms with Gasteiger partial charge in [-0.05, 0) is 88.6 Å². The van der Waals surface area contributed by atoms with Gasteiger partial charge in [-0.3, -0.25) is 4.90 Å². The monoisotopic (exact) mass is 387 g/mol. The molecular formula is C25H41NO2. The van der Waals surface area contributed by atoms with E-state index in [9.17, 15) is 0 Å². The molecule has 1 aromatic rings. The molecule has 1 heterocycles. The van der Waals surface area contributed by atoms with Crippen LogP contribution in [0.15, 0.2) is 35.9 Å². The highest BCUT2D eigenvalue weighted by Crippen LogP contribution is 2.32. The number of rotatable bonds is 10. The van der Waals surface area contributed by atoms with Gasteiger partial charge in [0.1, 0.15) is 5.75 Å². The van der Waals surface area contributed by atoms with Gasteiger partial charge in [0, 0.05) is 19.3 Å². The summed E-state index contributed by atoms with van der Waals surface area (Å²) >= 11 is 0. The average Bonchev–Trinajstić information content (AvgIpc) is 2.67. The molecule has 1 unspecified atom stereocenters. The number of likely N-dealkylation sites (N-methyl/N-ethyl adjacent to an activating group) is 1. The number of ether oxygens (including phenoxy) is 2. The van der Waals surface area contributed by atoms with Crippen LogP contribution >= 0.6 is 0 Å². The molecule has 3 heteroatoms. The largest absolute Gasteiger partial charge is 0.497 e.